The zero-order chi connectivity index (χ0) is 12.3. The van der Waals surface area contributed by atoms with E-state index in [1.165, 1.54) is 0 Å². The van der Waals surface area contributed by atoms with E-state index in [-0.39, 0.29) is 18.0 Å². The van der Waals surface area contributed by atoms with Crippen LogP contribution in [-0.4, -0.2) is 26.2 Å². The molecule has 0 aliphatic rings. The Morgan fingerprint density at radius 3 is 2.44 bits per heavy atom. The lowest BCUT2D eigenvalue weighted by atomic mass is 10.0. The van der Waals surface area contributed by atoms with Gasteiger partial charge in [-0.25, -0.2) is 8.42 Å². The van der Waals surface area contributed by atoms with Gasteiger partial charge in [-0.15, -0.1) is 0 Å². The average Bonchev–Trinajstić information content (AvgIpc) is 2.17. The van der Waals surface area contributed by atoms with E-state index >= 15 is 0 Å². The first-order valence-electron chi connectivity index (χ1n) is 5.08. The standard InChI is InChI=1S/C12H16O3S/c1-9-4-5-10(2)11(8-9)12(13)6-7-16(3,14)15/h4-5,8H,6-7H2,1-3H3. The second-order valence-corrected chi connectivity index (χ2v) is 6.38. The van der Waals surface area contributed by atoms with E-state index < -0.39 is 9.84 Å². The Morgan fingerprint density at radius 2 is 1.88 bits per heavy atom. The third kappa shape index (κ3) is 3.77. The molecular weight excluding hydrogens is 224 g/mol. The number of aryl methyl sites for hydroxylation is 2. The second-order valence-electron chi connectivity index (χ2n) is 4.12. The van der Waals surface area contributed by atoms with E-state index in [1.54, 1.807) is 6.07 Å². The van der Waals surface area contributed by atoms with Crippen molar-refractivity contribution >= 4 is 15.6 Å². The van der Waals surface area contributed by atoms with Crippen molar-refractivity contribution in [2.75, 3.05) is 12.0 Å². The molecule has 0 aliphatic carbocycles. The zero-order valence-electron chi connectivity index (χ0n) is 9.78. The van der Waals surface area contributed by atoms with Crippen LogP contribution >= 0.6 is 0 Å². The molecule has 0 fully saturated rings. The van der Waals surface area contributed by atoms with Gasteiger partial charge >= 0.3 is 0 Å². The van der Waals surface area contributed by atoms with Gasteiger partial charge in [0.1, 0.15) is 9.84 Å². The Bertz CT molecular complexity index is 501. The molecule has 0 radical (unpaired) electrons. The van der Waals surface area contributed by atoms with Crippen LogP contribution in [0.3, 0.4) is 0 Å². The van der Waals surface area contributed by atoms with Gasteiger partial charge in [0.25, 0.3) is 0 Å². The molecule has 0 saturated carbocycles. The molecule has 0 heterocycles. The van der Waals surface area contributed by atoms with E-state index in [9.17, 15) is 13.2 Å². The van der Waals surface area contributed by atoms with Gasteiger partial charge in [0.2, 0.25) is 0 Å². The molecule has 0 spiro atoms. The van der Waals surface area contributed by atoms with E-state index in [0.717, 1.165) is 17.4 Å². The first kappa shape index (κ1) is 12.9. The van der Waals surface area contributed by atoms with E-state index in [2.05, 4.69) is 0 Å². The largest absolute Gasteiger partial charge is 0.294 e. The van der Waals surface area contributed by atoms with E-state index in [1.807, 2.05) is 26.0 Å². The predicted octanol–water partition coefficient (Wildman–Crippen LogP) is 1.92. The number of hydrogen-bond acceptors (Lipinski definition) is 3. The van der Waals surface area contributed by atoms with Crippen LogP contribution in [0.5, 0.6) is 0 Å². The molecule has 0 aliphatic heterocycles. The minimum Gasteiger partial charge on any atom is -0.294 e. The summed E-state index contributed by atoms with van der Waals surface area (Å²) in [4.78, 5) is 11.8. The molecule has 1 aromatic carbocycles. The summed E-state index contributed by atoms with van der Waals surface area (Å²) in [6, 6.07) is 5.62. The molecule has 0 atom stereocenters. The van der Waals surface area contributed by atoms with Crippen LogP contribution in [0.2, 0.25) is 0 Å². The molecular formula is C12H16O3S. The van der Waals surface area contributed by atoms with Gasteiger partial charge in [0.15, 0.2) is 5.78 Å². The lowest BCUT2D eigenvalue weighted by molar-refractivity contribution is 0.0988. The summed E-state index contributed by atoms with van der Waals surface area (Å²) in [6.07, 6.45) is 1.20. The molecule has 0 amide bonds. The fraction of sp³-hybridized carbons (Fsp3) is 0.417. The van der Waals surface area contributed by atoms with Crippen molar-refractivity contribution < 1.29 is 13.2 Å². The third-order valence-corrected chi connectivity index (χ3v) is 3.34. The Labute approximate surface area is 96.4 Å². The van der Waals surface area contributed by atoms with Crippen molar-refractivity contribution in [2.24, 2.45) is 0 Å². The molecule has 0 bridgehead atoms. The van der Waals surface area contributed by atoms with Crippen molar-refractivity contribution in [3.63, 3.8) is 0 Å². The number of Topliss-reactive ketones (excluding diaryl/α,β-unsaturated/α-hetero) is 1. The molecule has 0 aromatic heterocycles. The highest BCUT2D eigenvalue weighted by molar-refractivity contribution is 7.90. The van der Waals surface area contributed by atoms with Gasteiger partial charge in [0.05, 0.1) is 5.75 Å². The van der Waals surface area contributed by atoms with Gasteiger partial charge < -0.3 is 0 Å². The summed E-state index contributed by atoms with van der Waals surface area (Å²) in [5.41, 5.74) is 2.53. The number of carbonyl (C=O) groups is 1. The molecule has 0 saturated heterocycles. The van der Waals surface area contributed by atoms with Crippen LogP contribution in [0.25, 0.3) is 0 Å². The van der Waals surface area contributed by atoms with Crippen LogP contribution in [0.4, 0.5) is 0 Å². The number of hydrogen-bond donors (Lipinski definition) is 0. The maximum absolute atomic E-state index is 11.8. The Hall–Kier alpha value is -1.16. The summed E-state index contributed by atoms with van der Waals surface area (Å²) in [5, 5.41) is 0. The first-order valence-corrected chi connectivity index (χ1v) is 7.14. The van der Waals surface area contributed by atoms with Crippen LogP contribution in [0.1, 0.15) is 27.9 Å². The number of benzene rings is 1. The Balaban J connectivity index is 2.85. The van der Waals surface area contributed by atoms with Crippen molar-refractivity contribution in [1.29, 1.82) is 0 Å². The van der Waals surface area contributed by atoms with Gasteiger partial charge in [-0.05, 0) is 25.5 Å². The lowest BCUT2D eigenvalue weighted by Gasteiger charge is -2.05. The summed E-state index contributed by atoms with van der Waals surface area (Å²) in [6.45, 7) is 3.76. The van der Waals surface area contributed by atoms with E-state index in [0.29, 0.717) is 5.56 Å². The zero-order valence-corrected chi connectivity index (χ0v) is 10.6. The molecule has 0 unspecified atom stereocenters. The fourth-order valence-electron chi connectivity index (χ4n) is 1.45. The molecule has 88 valence electrons. The highest BCUT2D eigenvalue weighted by atomic mass is 32.2. The van der Waals surface area contributed by atoms with Gasteiger partial charge in [0, 0.05) is 18.2 Å². The maximum Gasteiger partial charge on any atom is 0.164 e. The Kier molecular flexibility index (Phi) is 3.86. The molecule has 16 heavy (non-hydrogen) atoms. The molecule has 4 heteroatoms. The van der Waals surface area contributed by atoms with Gasteiger partial charge in [-0.3, -0.25) is 4.79 Å². The molecule has 0 N–H and O–H groups in total. The minimum atomic E-state index is -3.07. The van der Waals surface area contributed by atoms with Crippen LogP contribution in [-0.2, 0) is 9.84 Å². The number of sulfone groups is 1. The van der Waals surface area contributed by atoms with E-state index in [4.69, 9.17) is 0 Å². The summed E-state index contributed by atoms with van der Waals surface area (Å²) in [7, 11) is -3.07. The van der Waals surface area contributed by atoms with Crippen molar-refractivity contribution in [2.45, 2.75) is 20.3 Å². The van der Waals surface area contributed by atoms with Crippen LogP contribution < -0.4 is 0 Å². The fourth-order valence-corrected chi connectivity index (χ4v) is 2.01. The third-order valence-electron chi connectivity index (χ3n) is 2.39. The molecule has 1 rings (SSSR count). The van der Waals surface area contributed by atoms with Crippen molar-refractivity contribution in [3.8, 4) is 0 Å². The highest BCUT2D eigenvalue weighted by Gasteiger charge is 2.12. The molecule has 1 aromatic rings. The average molecular weight is 240 g/mol. The van der Waals surface area contributed by atoms with Crippen molar-refractivity contribution in [1.82, 2.24) is 0 Å². The summed E-state index contributed by atoms with van der Waals surface area (Å²) < 4.78 is 21.9. The monoisotopic (exact) mass is 240 g/mol. The number of carbonyl (C=O) groups excluding carboxylic acids is 1. The van der Waals surface area contributed by atoms with Crippen LogP contribution in [0, 0.1) is 13.8 Å². The maximum atomic E-state index is 11.8. The van der Waals surface area contributed by atoms with Gasteiger partial charge in [-0.1, -0.05) is 17.7 Å². The normalized spacial score (nSPS) is 11.4. The van der Waals surface area contributed by atoms with Crippen LogP contribution in [0.15, 0.2) is 18.2 Å². The van der Waals surface area contributed by atoms with Gasteiger partial charge in [-0.2, -0.15) is 0 Å². The topological polar surface area (TPSA) is 51.2 Å². The SMILES string of the molecule is Cc1ccc(C)c(C(=O)CCS(C)(=O)=O)c1. The first-order chi connectivity index (χ1) is 7.29. The number of rotatable bonds is 4. The van der Waals surface area contributed by atoms with Crippen molar-refractivity contribution in [3.05, 3.63) is 34.9 Å². The minimum absolute atomic E-state index is 0.0587. The molecule has 3 nitrogen and oxygen atoms in total. The summed E-state index contributed by atoms with van der Waals surface area (Å²) in [5.74, 6) is -0.189. The Morgan fingerprint density at radius 1 is 1.25 bits per heavy atom. The lowest BCUT2D eigenvalue weighted by Crippen LogP contribution is -2.10. The quantitative estimate of drug-likeness (QED) is 0.755. The predicted molar refractivity (Wildman–Crippen MR) is 64.6 cm³/mol. The summed E-state index contributed by atoms with van der Waals surface area (Å²) >= 11 is 0. The second kappa shape index (κ2) is 4.78. The highest BCUT2D eigenvalue weighted by Crippen LogP contribution is 2.13. The smallest absolute Gasteiger partial charge is 0.164 e. The number of ketones is 1.